The summed E-state index contributed by atoms with van der Waals surface area (Å²) in [6.45, 7) is 0. The summed E-state index contributed by atoms with van der Waals surface area (Å²) in [5.74, 6) is -0.596. The quantitative estimate of drug-likeness (QED) is 0.914. The van der Waals surface area contributed by atoms with Gasteiger partial charge in [0.25, 0.3) is 0 Å². The number of thiophene rings is 1. The van der Waals surface area contributed by atoms with Gasteiger partial charge in [0.1, 0.15) is 10.6 Å². The molecule has 0 aliphatic carbocycles. The van der Waals surface area contributed by atoms with E-state index in [1.807, 2.05) is 0 Å². The van der Waals surface area contributed by atoms with E-state index in [0.717, 1.165) is 11.3 Å². The summed E-state index contributed by atoms with van der Waals surface area (Å²) in [4.78, 5) is 18.5. The van der Waals surface area contributed by atoms with Gasteiger partial charge < -0.3 is 9.84 Å². The lowest BCUT2D eigenvalue weighted by atomic mass is 10.4. The van der Waals surface area contributed by atoms with Gasteiger partial charge in [-0.25, -0.2) is 14.8 Å². The average Bonchev–Trinajstić information content (AvgIpc) is 2.70. The molecule has 1 N–H and O–H groups in total. The fraction of sp³-hybridized carbons (Fsp3) is 0. The number of aromatic carboxylic acids is 1. The number of hydrogen-bond donors (Lipinski definition) is 1. The molecule has 0 radical (unpaired) electrons. The van der Waals surface area contributed by atoms with Crippen molar-refractivity contribution in [3.05, 3.63) is 33.7 Å². The van der Waals surface area contributed by atoms with E-state index in [-0.39, 0.29) is 10.9 Å². The van der Waals surface area contributed by atoms with E-state index in [2.05, 4.69) is 9.97 Å². The maximum absolute atomic E-state index is 10.6. The van der Waals surface area contributed by atoms with E-state index in [0.29, 0.717) is 10.8 Å². The average molecular weight is 257 g/mol. The number of ether oxygens (including phenoxy) is 1. The Balaban J connectivity index is 2.14. The third-order valence-corrected chi connectivity index (χ3v) is 2.68. The van der Waals surface area contributed by atoms with Gasteiger partial charge in [-0.1, -0.05) is 11.6 Å². The first-order valence-corrected chi connectivity index (χ1v) is 5.38. The van der Waals surface area contributed by atoms with Crippen molar-refractivity contribution in [1.82, 2.24) is 9.97 Å². The predicted octanol–water partition coefficient (Wildman–Crippen LogP) is 2.68. The molecule has 0 saturated heterocycles. The first-order valence-electron chi connectivity index (χ1n) is 4.12. The Kier molecular flexibility index (Phi) is 3.02. The predicted molar refractivity (Wildman–Crippen MR) is 58.4 cm³/mol. The van der Waals surface area contributed by atoms with Gasteiger partial charge in [-0.3, -0.25) is 0 Å². The Morgan fingerprint density at radius 1 is 1.44 bits per heavy atom. The number of halogens is 1. The highest BCUT2D eigenvalue weighted by Crippen LogP contribution is 2.25. The largest absolute Gasteiger partial charge is 0.477 e. The van der Waals surface area contributed by atoms with Crippen LogP contribution in [0, 0.1) is 0 Å². The maximum Gasteiger partial charge on any atom is 0.346 e. The third kappa shape index (κ3) is 2.47. The number of carboxylic acids is 1. The molecule has 2 aromatic rings. The van der Waals surface area contributed by atoms with Gasteiger partial charge in [0, 0.05) is 11.4 Å². The topological polar surface area (TPSA) is 72.3 Å². The van der Waals surface area contributed by atoms with E-state index >= 15 is 0 Å². The van der Waals surface area contributed by atoms with Crippen LogP contribution in [0.4, 0.5) is 0 Å². The summed E-state index contributed by atoms with van der Waals surface area (Å²) in [6.07, 6.45) is 2.79. The number of rotatable bonds is 3. The fourth-order valence-corrected chi connectivity index (χ4v) is 1.68. The minimum Gasteiger partial charge on any atom is -0.477 e. The van der Waals surface area contributed by atoms with Crippen LogP contribution in [0.25, 0.3) is 0 Å². The van der Waals surface area contributed by atoms with Crippen LogP contribution in [0.5, 0.6) is 11.8 Å². The molecular formula is C9H5ClN2O3S. The number of aromatic nitrogens is 2. The van der Waals surface area contributed by atoms with Crippen LogP contribution in [0.1, 0.15) is 9.67 Å². The lowest BCUT2D eigenvalue weighted by molar-refractivity contribution is 0.0702. The van der Waals surface area contributed by atoms with Crippen molar-refractivity contribution in [3.63, 3.8) is 0 Å². The van der Waals surface area contributed by atoms with Gasteiger partial charge in [0.2, 0.25) is 0 Å². The molecule has 0 aliphatic heterocycles. The van der Waals surface area contributed by atoms with Crippen LogP contribution in [0.3, 0.4) is 0 Å². The molecule has 2 aromatic heterocycles. The number of nitrogens with zero attached hydrogens (tertiary/aromatic N) is 2. The van der Waals surface area contributed by atoms with Crippen molar-refractivity contribution < 1.29 is 14.6 Å². The summed E-state index contributed by atoms with van der Waals surface area (Å²) in [5.41, 5.74) is 0. The van der Waals surface area contributed by atoms with Gasteiger partial charge in [-0.15, -0.1) is 11.3 Å². The molecule has 16 heavy (non-hydrogen) atoms. The fourth-order valence-electron chi connectivity index (χ4n) is 0.943. The highest BCUT2D eigenvalue weighted by molar-refractivity contribution is 7.12. The normalized spacial score (nSPS) is 10.1. The molecule has 0 aromatic carbocycles. The lowest BCUT2D eigenvalue weighted by Crippen LogP contribution is -1.91. The molecule has 82 valence electrons. The zero-order valence-electron chi connectivity index (χ0n) is 7.75. The molecular weight excluding hydrogens is 252 g/mol. The summed E-state index contributed by atoms with van der Waals surface area (Å²) < 4.78 is 5.23. The lowest BCUT2D eigenvalue weighted by Gasteiger charge is -1.99. The first kappa shape index (κ1) is 10.8. The van der Waals surface area contributed by atoms with Crippen molar-refractivity contribution in [2.45, 2.75) is 0 Å². The van der Waals surface area contributed by atoms with Gasteiger partial charge in [-0.2, -0.15) is 0 Å². The van der Waals surface area contributed by atoms with Gasteiger partial charge in [-0.05, 0) is 0 Å². The van der Waals surface area contributed by atoms with E-state index in [1.54, 1.807) is 5.38 Å². The van der Waals surface area contributed by atoms with Crippen molar-refractivity contribution in [1.29, 1.82) is 0 Å². The minimum atomic E-state index is -0.989. The Bertz CT molecular complexity index is 512. The summed E-state index contributed by atoms with van der Waals surface area (Å²) in [7, 11) is 0. The molecule has 2 heterocycles. The smallest absolute Gasteiger partial charge is 0.346 e. The Morgan fingerprint density at radius 3 is 2.69 bits per heavy atom. The van der Waals surface area contributed by atoms with Gasteiger partial charge in [0.15, 0.2) is 0 Å². The summed E-state index contributed by atoms with van der Waals surface area (Å²) in [6, 6.07) is 1.53. The van der Waals surface area contributed by atoms with Crippen molar-refractivity contribution in [2.75, 3.05) is 0 Å². The summed E-state index contributed by atoms with van der Waals surface area (Å²) >= 11 is 6.68. The zero-order valence-corrected chi connectivity index (χ0v) is 9.33. The zero-order chi connectivity index (χ0) is 11.5. The maximum atomic E-state index is 10.6. The molecule has 7 heteroatoms. The molecule has 0 bridgehead atoms. The second-order valence-corrected chi connectivity index (χ2v) is 4.09. The number of carboxylic acid groups (broad SMARTS) is 1. The van der Waals surface area contributed by atoms with Gasteiger partial charge >= 0.3 is 12.0 Å². The second kappa shape index (κ2) is 4.46. The highest BCUT2D eigenvalue weighted by atomic mass is 35.5. The molecule has 0 saturated carbocycles. The number of hydrogen-bond acceptors (Lipinski definition) is 5. The molecule has 0 atom stereocenters. The van der Waals surface area contributed by atoms with E-state index < -0.39 is 5.97 Å². The molecule has 0 amide bonds. The van der Waals surface area contributed by atoms with Crippen LogP contribution in [0.15, 0.2) is 23.8 Å². The Labute approximate surface area is 99.3 Å². The van der Waals surface area contributed by atoms with Crippen LogP contribution in [-0.2, 0) is 0 Å². The first-order chi connectivity index (χ1) is 7.65. The van der Waals surface area contributed by atoms with Crippen LogP contribution in [0.2, 0.25) is 5.02 Å². The SMILES string of the molecule is O=C(O)c1cc(Oc2ncc(Cl)cn2)cs1. The van der Waals surface area contributed by atoms with Crippen molar-refractivity contribution in [2.24, 2.45) is 0 Å². The van der Waals surface area contributed by atoms with E-state index in [1.165, 1.54) is 18.5 Å². The molecule has 0 fully saturated rings. The van der Waals surface area contributed by atoms with Crippen molar-refractivity contribution in [3.8, 4) is 11.8 Å². The molecule has 0 unspecified atom stereocenters. The van der Waals surface area contributed by atoms with Gasteiger partial charge in [0.05, 0.1) is 17.4 Å². The molecule has 5 nitrogen and oxygen atoms in total. The highest BCUT2D eigenvalue weighted by Gasteiger charge is 2.08. The Morgan fingerprint density at radius 2 is 2.12 bits per heavy atom. The summed E-state index contributed by atoms with van der Waals surface area (Å²) in [5, 5.41) is 10.7. The molecule has 2 rings (SSSR count). The van der Waals surface area contributed by atoms with Crippen LogP contribution >= 0.6 is 22.9 Å². The number of carbonyl (C=O) groups is 1. The van der Waals surface area contributed by atoms with Crippen LogP contribution < -0.4 is 4.74 Å². The monoisotopic (exact) mass is 256 g/mol. The third-order valence-electron chi connectivity index (χ3n) is 1.59. The van der Waals surface area contributed by atoms with E-state index in [4.69, 9.17) is 21.4 Å². The second-order valence-electron chi connectivity index (χ2n) is 2.74. The minimum absolute atomic E-state index is 0.124. The molecule has 0 aliphatic rings. The molecule has 0 spiro atoms. The Hall–Kier alpha value is -1.66. The van der Waals surface area contributed by atoms with E-state index in [9.17, 15) is 4.79 Å². The standard InChI is InChI=1S/C9H5ClN2O3S/c10-5-2-11-9(12-3-5)15-6-1-7(8(13)14)16-4-6/h1-4H,(H,13,14). The van der Waals surface area contributed by atoms with Crippen molar-refractivity contribution >= 4 is 28.9 Å². The van der Waals surface area contributed by atoms with Crippen LogP contribution in [-0.4, -0.2) is 21.0 Å².